The highest BCUT2D eigenvalue weighted by Gasteiger charge is 2.07. The molecule has 2 aromatic rings. The third kappa shape index (κ3) is 1.77. The van der Waals surface area contributed by atoms with E-state index in [2.05, 4.69) is 0 Å². The zero-order chi connectivity index (χ0) is 11.5. The summed E-state index contributed by atoms with van der Waals surface area (Å²) in [5, 5.41) is 9.58. The highest BCUT2D eigenvalue weighted by Crippen LogP contribution is 2.31. The van der Waals surface area contributed by atoms with E-state index in [4.69, 9.17) is 9.15 Å². The number of rotatable bonds is 3. The number of aldehydes is 1. The lowest BCUT2D eigenvalue weighted by atomic mass is 10.1. The van der Waals surface area contributed by atoms with Gasteiger partial charge < -0.3 is 14.3 Å². The van der Waals surface area contributed by atoms with Crippen molar-refractivity contribution in [2.45, 2.75) is 0 Å². The van der Waals surface area contributed by atoms with Gasteiger partial charge in [-0.2, -0.15) is 0 Å². The van der Waals surface area contributed by atoms with E-state index in [1.54, 1.807) is 24.3 Å². The van der Waals surface area contributed by atoms with Crippen LogP contribution in [0.1, 0.15) is 10.6 Å². The summed E-state index contributed by atoms with van der Waals surface area (Å²) in [5.41, 5.74) is 0.686. The molecule has 0 aliphatic rings. The maximum absolute atomic E-state index is 10.5. The lowest BCUT2D eigenvalue weighted by molar-refractivity contribution is 0.110. The zero-order valence-electron chi connectivity index (χ0n) is 8.64. The number of carbonyl (C=O) groups is 1. The Morgan fingerprint density at radius 1 is 1.31 bits per heavy atom. The van der Waals surface area contributed by atoms with Gasteiger partial charge in [-0.25, -0.2) is 0 Å². The molecule has 0 atom stereocenters. The second kappa shape index (κ2) is 4.10. The van der Waals surface area contributed by atoms with E-state index < -0.39 is 0 Å². The minimum absolute atomic E-state index is 0.0315. The molecule has 0 saturated heterocycles. The van der Waals surface area contributed by atoms with Gasteiger partial charge in [0, 0.05) is 5.56 Å². The number of furan rings is 1. The molecule has 0 aliphatic heterocycles. The molecule has 16 heavy (non-hydrogen) atoms. The number of phenols is 1. The van der Waals surface area contributed by atoms with Crippen LogP contribution >= 0.6 is 0 Å². The predicted octanol–water partition coefficient (Wildman–Crippen LogP) is 2.47. The Kier molecular flexibility index (Phi) is 2.64. The summed E-state index contributed by atoms with van der Waals surface area (Å²) in [4.78, 5) is 10.5. The number of carbonyl (C=O) groups excluding carboxylic acids is 1. The number of phenolic OH excluding ortho intramolecular Hbond substituents is 1. The summed E-state index contributed by atoms with van der Waals surface area (Å²) >= 11 is 0. The van der Waals surface area contributed by atoms with Crippen molar-refractivity contribution in [3.8, 4) is 22.8 Å². The van der Waals surface area contributed by atoms with Gasteiger partial charge in [-0.05, 0) is 30.3 Å². The summed E-state index contributed by atoms with van der Waals surface area (Å²) in [6.07, 6.45) is 0.632. The number of hydrogen-bond donors (Lipinski definition) is 1. The molecule has 0 spiro atoms. The molecule has 1 aromatic heterocycles. The lowest BCUT2D eigenvalue weighted by Gasteiger charge is -2.04. The number of benzene rings is 1. The average molecular weight is 218 g/mol. The van der Waals surface area contributed by atoms with Crippen LogP contribution in [0.5, 0.6) is 11.5 Å². The fourth-order valence-electron chi connectivity index (χ4n) is 1.41. The Hall–Kier alpha value is -2.23. The van der Waals surface area contributed by atoms with E-state index >= 15 is 0 Å². The normalized spacial score (nSPS) is 10.1. The minimum Gasteiger partial charge on any atom is -0.504 e. The van der Waals surface area contributed by atoms with Crippen molar-refractivity contribution >= 4 is 6.29 Å². The van der Waals surface area contributed by atoms with Crippen molar-refractivity contribution in [3.05, 3.63) is 36.1 Å². The van der Waals surface area contributed by atoms with Crippen molar-refractivity contribution < 1.29 is 19.1 Å². The molecule has 0 bridgehead atoms. The van der Waals surface area contributed by atoms with E-state index in [-0.39, 0.29) is 11.5 Å². The molecule has 0 radical (unpaired) electrons. The third-order valence-corrected chi connectivity index (χ3v) is 2.21. The molecule has 1 N–H and O–H groups in total. The monoisotopic (exact) mass is 218 g/mol. The van der Waals surface area contributed by atoms with E-state index in [0.717, 1.165) is 0 Å². The Morgan fingerprint density at radius 3 is 2.69 bits per heavy atom. The predicted molar refractivity (Wildman–Crippen MR) is 57.7 cm³/mol. The zero-order valence-corrected chi connectivity index (χ0v) is 8.64. The molecule has 0 aliphatic carbocycles. The minimum atomic E-state index is 0.0315. The van der Waals surface area contributed by atoms with Crippen LogP contribution in [0.25, 0.3) is 11.3 Å². The fourth-order valence-corrected chi connectivity index (χ4v) is 1.41. The highest BCUT2D eigenvalue weighted by molar-refractivity contribution is 5.73. The number of aromatic hydroxyl groups is 1. The molecule has 0 unspecified atom stereocenters. The van der Waals surface area contributed by atoms with Crippen LogP contribution < -0.4 is 4.74 Å². The third-order valence-electron chi connectivity index (χ3n) is 2.21. The first-order chi connectivity index (χ1) is 7.74. The molecule has 0 saturated carbocycles. The SMILES string of the molecule is COc1ccc(-c2ccc(C=O)o2)cc1O. The number of ether oxygens (including phenoxy) is 1. The average Bonchev–Trinajstić information content (AvgIpc) is 2.77. The molecule has 82 valence electrons. The van der Waals surface area contributed by atoms with Gasteiger partial charge in [0.05, 0.1) is 7.11 Å². The highest BCUT2D eigenvalue weighted by atomic mass is 16.5. The quantitative estimate of drug-likeness (QED) is 0.804. The molecule has 1 heterocycles. The van der Waals surface area contributed by atoms with Gasteiger partial charge in [0.15, 0.2) is 23.5 Å². The summed E-state index contributed by atoms with van der Waals surface area (Å²) in [6.45, 7) is 0. The van der Waals surface area contributed by atoms with Crippen LogP contribution in [-0.2, 0) is 0 Å². The first kappa shape index (κ1) is 10.3. The molecule has 0 fully saturated rings. The number of hydrogen-bond acceptors (Lipinski definition) is 4. The number of methoxy groups -OCH3 is 1. The second-order valence-corrected chi connectivity index (χ2v) is 3.21. The van der Waals surface area contributed by atoms with Gasteiger partial charge in [-0.3, -0.25) is 4.79 Å². The van der Waals surface area contributed by atoms with Crippen LogP contribution in [0.15, 0.2) is 34.7 Å². The van der Waals surface area contributed by atoms with E-state index in [1.165, 1.54) is 13.2 Å². The van der Waals surface area contributed by atoms with Crippen molar-refractivity contribution in [1.29, 1.82) is 0 Å². The maximum atomic E-state index is 10.5. The van der Waals surface area contributed by atoms with Crippen molar-refractivity contribution in [3.63, 3.8) is 0 Å². The fraction of sp³-hybridized carbons (Fsp3) is 0.0833. The molecule has 4 heteroatoms. The summed E-state index contributed by atoms with van der Waals surface area (Å²) in [6, 6.07) is 8.14. The van der Waals surface area contributed by atoms with Gasteiger partial charge in [0.2, 0.25) is 0 Å². The Labute approximate surface area is 92.1 Å². The van der Waals surface area contributed by atoms with Gasteiger partial charge in [0.25, 0.3) is 0 Å². The molecule has 2 rings (SSSR count). The van der Waals surface area contributed by atoms with Gasteiger partial charge in [0.1, 0.15) is 5.76 Å². The topological polar surface area (TPSA) is 59.7 Å². The molecular weight excluding hydrogens is 208 g/mol. The van der Waals surface area contributed by atoms with Crippen molar-refractivity contribution in [1.82, 2.24) is 0 Å². The Morgan fingerprint density at radius 2 is 2.12 bits per heavy atom. The smallest absolute Gasteiger partial charge is 0.185 e. The van der Waals surface area contributed by atoms with Crippen LogP contribution in [0.2, 0.25) is 0 Å². The standard InChI is InChI=1S/C12H10O4/c1-15-12-4-2-8(6-10(12)14)11-5-3-9(7-13)16-11/h2-7,14H,1H3. The Balaban J connectivity index is 2.40. The van der Waals surface area contributed by atoms with Crippen LogP contribution in [0.4, 0.5) is 0 Å². The van der Waals surface area contributed by atoms with Gasteiger partial charge in [-0.15, -0.1) is 0 Å². The summed E-state index contributed by atoms with van der Waals surface area (Å²) < 4.78 is 10.2. The first-order valence-electron chi connectivity index (χ1n) is 4.67. The molecule has 4 nitrogen and oxygen atoms in total. The van der Waals surface area contributed by atoms with Crippen LogP contribution in [-0.4, -0.2) is 18.5 Å². The van der Waals surface area contributed by atoms with Crippen LogP contribution in [0.3, 0.4) is 0 Å². The van der Waals surface area contributed by atoms with Gasteiger partial charge >= 0.3 is 0 Å². The van der Waals surface area contributed by atoms with Gasteiger partial charge in [-0.1, -0.05) is 0 Å². The molecular formula is C12H10O4. The van der Waals surface area contributed by atoms with E-state index in [0.29, 0.717) is 23.4 Å². The second-order valence-electron chi connectivity index (χ2n) is 3.21. The summed E-state index contributed by atoms with van der Waals surface area (Å²) in [5.74, 6) is 1.21. The van der Waals surface area contributed by atoms with Crippen molar-refractivity contribution in [2.75, 3.05) is 7.11 Å². The van der Waals surface area contributed by atoms with Crippen LogP contribution in [0, 0.1) is 0 Å². The maximum Gasteiger partial charge on any atom is 0.185 e. The van der Waals surface area contributed by atoms with Crippen molar-refractivity contribution in [2.24, 2.45) is 0 Å². The van der Waals surface area contributed by atoms with E-state index in [9.17, 15) is 9.90 Å². The Bertz CT molecular complexity index is 513. The summed E-state index contributed by atoms with van der Waals surface area (Å²) in [7, 11) is 1.48. The largest absolute Gasteiger partial charge is 0.504 e. The first-order valence-corrected chi connectivity index (χ1v) is 4.67. The lowest BCUT2D eigenvalue weighted by Crippen LogP contribution is -1.83. The van der Waals surface area contributed by atoms with E-state index in [1.807, 2.05) is 0 Å². The molecule has 0 amide bonds. The molecule has 1 aromatic carbocycles.